The maximum absolute atomic E-state index is 13.2. The number of halogens is 1. The molecule has 0 aliphatic carbocycles. The Morgan fingerprint density at radius 3 is 2.83 bits per heavy atom. The molecule has 2 N–H and O–H groups in total. The number of hydrogen-bond donors (Lipinski definition) is 1. The first kappa shape index (κ1) is 11.1. The molecule has 2 heterocycles. The molecule has 18 heavy (non-hydrogen) atoms. The third-order valence-corrected chi connectivity index (χ3v) is 3.58. The van der Waals surface area contributed by atoms with Gasteiger partial charge in [-0.3, -0.25) is 0 Å². The summed E-state index contributed by atoms with van der Waals surface area (Å²) >= 11 is 1.51. The van der Waals surface area contributed by atoms with Gasteiger partial charge in [0.25, 0.3) is 0 Å². The summed E-state index contributed by atoms with van der Waals surface area (Å²) in [5.41, 5.74) is 7.23. The minimum atomic E-state index is -0.232. The second-order valence-electron chi connectivity index (χ2n) is 4.04. The zero-order valence-corrected chi connectivity index (χ0v) is 10.5. The van der Waals surface area contributed by atoms with Crippen LogP contribution in [0.25, 0.3) is 21.6 Å². The van der Waals surface area contributed by atoms with Gasteiger partial charge in [-0.2, -0.15) is 0 Å². The van der Waals surface area contributed by atoms with Crippen LogP contribution in [0.15, 0.2) is 29.6 Å². The van der Waals surface area contributed by atoms with Gasteiger partial charge in [-0.1, -0.05) is 0 Å². The number of anilines is 1. The number of aryl methyl sites for hydroxylation is 1. The molecule has 0 aliphatic rings. The van der Waals surface area contributed by atoms with Crippen molar-refractivity contribution < 1.29 is 4.39 Å². The van der Waals surface area contributed by atoms with Crippen LogP contribution in [0.3, 0.4) is 0 Å². The van der Waals surface area contributed by atoms with Crippen LogP contribution < -0.4 is 5.73 Å². The van der Waals surface area contributed by atoms with Crippen molar-refractivity contribution in [1.82, 2.24) is 9.97 Å². The van der Waals surface area contributed by atoms with Crippen molar-refractivity contribution in [1.29, 1.82) is 0 Å². The van der Waals surface area contributed by atoms with Crippen molar-refractivity contribution >= 4 is 27.4 Å². The average molecular weight is 259 g/mol. The average Bonchev–Trinajstić information content (AvgIpc) is 2.81. The third-order valence-electron chi connectivity index (χ3n) is 2.77. The summed E-state index contributed by atoms with van der Waals surface area (Å²) in [4.78, 5) is 9.55. The number of nitrogens with zero attached hydrogens (tertiary/aromatic N) is 2. The van der Waals surface area contributed by atoms with E-state index in [1.807, 2.05) is 11.4 Å². The van der Waals surface area contributed by atoms with E-state index in [2.05, 4.69) is 9.97 Å². The van der Waals surface area contributed by atoms with E-state index in [1.165, 1.54) is 17.4 Å². The van der Waals surface area contributed by atoms with Crippen LogP contribution in [-0.2, 0) is 0 Å². The molecule has 2 aromatic heterocycles. The molecule has 0 spiro atoms. The Bertz CT molecular complexity index is 736. The highest BCUT2D eigenvalue weighted by Crippen LogP contribution is 2.27. The van der Waals surface area contributed by atoms with Gasteiger partial charge in [-0.15, -0.1) is 11.3 Å². The lowest BCUT2D eigenvalue weighted by atomic mass is 10.1. The summed E-state index contributed by atoms with van der Waals surface area (Å²) in [5, 5.41) is 2.79. The highest BCUT2D eigenvalue weighted by molar-refractivity contribution is 7.16. The van der Waals surface area contributed by atoms with E-state index in [4.69, 9.17) is 5.73 Å². The molecule has 3 aromatic rings. The molecule has 0 bridgehead atoms. The quantitative estimate of drug-likeness (QED) is 0.728. The van der Waals surface area contributed by atoms with Crippen LogP contribution in [0.2, 0.25) is 0 Å². The Morgan fingerprint density at radius 2 is 2.06 bits per heavy atom. The minimum absolute atomic E-state index is 0.232. The van der Waals surface area contributed by atoms with E-state index >= 15 is 0 Å². The molecule has 90 valence electrons. The molecule has 0 saturated heterocycles. The number of thiophene rings is 1. The van der Waals surface area contributed by atoms with E-state index in [0.29, 0.717) is 17.2 Å². The molecule has 0 aliphatic heterocycles. The van der Waals surface area contributed by atoms with Gasteiger partial charge in [0.15, 0.2) is 5.82 Å². The summed E-state index contributed by atoms with van der Waals surface area (Å²) in [5.74, 6) is 0.757. The summed E-state index contributed by atoms with van der Waals surface area (Å²) in [6.45, 7) is 1.71. The predicted molar refractivity (Wildman–Crippen MR) is 72.0 cm³/mol. The van der Waals surface area contributed by atoms with Gasteiger partial charge in [0, 0.05) is 5.56 Å². The zero-order chi connectivity index (χ0) is 12.7. The zero-order valence-electron chi connectivity index (χ0n) is 9.64. The summed E-state index contributed by atoms with van der Waals surface area (Å²) in [6, 6.07) is 6.71. The number of nitrogens with two attached hydrogens (primary N) is 1. The van der Waals surface area contributed by atoms with E-state index in [-0.39, 0.29) is 5.82 Å². The second kappa shape index (κ2) is 4.03. The lowest BCUT2D eigenvalue weighted by Gasteiger charge is -2.04. The topological polar surface area (TPSA) is 51.8 Å². The van der Waals surface area contributed by atoms with Crippen LogP contribution in [0.4, 0.5) is 10.2 Å². The Labute approximate surface area is 107 Å². The Balaban J connectivity index is 2.21. The number of fused-ring (bicyclic) bond motifs is 1. The highest BCUT2D eigenvalue weighted by Gasteiger charge is 2.09. The first-order chi connectivity index (χ1) is 8.65. The van der Waals surface area contributed by atoms with Crippen LogP contribution >= 0.6 is 11.3 Å². The normalized spacial score (nSPS) is 11.0. The first-order valence-corrected chi connectivity index (χ1v) is 6.30. The van der Waals surface area contributed by atoms with Crippen LogP contribution in [0, 0.1) is 12.7 Å². The molecule has 5 heteroatoms. The monoisotopic (exact) mass is 259 g/mol. The fourth-order valence-electron chi connectivity index (χ4n) is 1.79. The molecule has 0 atom stereocenters. The van der Waals surface area contributed by atoms with Crippen molar-refractivity contribution in [3.8, 4) is 11.4 Å². The lowest BCUT2D eigenvalue weighted by molar-refractivity contribution is 0.618. The smallest absolute Gasteiger partial charge is 0.163 e. The SMILES string of the molecule is Cc1cc(-c2nc(N)c3ccsc3n2)ccc1F. The minimum Gasteiger partial charge on any atom is -0.383 e. The van der Waals surface area contributed by atoms with E-state index in [9.17, 15) is 4.39 Å². The van der Waals surface area contributed by atoms with E-state index in [0.717, 1.165) is 15.8 Å². The van der Waals surface area contributed by atoms with E-state index < -0.39 is 0 Å². The summed E-state index contributed by atoms with van der Waals surface area (Å²) in [6.07, 6.45) is 0. The molecule has 0 radical (unpaired) electrons. The molecule has 0 fully saturated rings. The third kappa shape index (κ3) is 1.73. The number of rotatable bonds is 1. The van der Waals surface area contributed by atoms with Crippen LogP contribution in [0.1, 0.15) is 5.56 Å². The fourth-order valence-corrected chi connectivity index (χ4v) is 2.56. The van der Waals surface area contributed by atoms with Crippen molar-refractivity contribution in [2.45, 2.75) is 6.92 Å². The van der Waals surface area contributed by atoms with Crippen molar-refractivity contribution in [3.63, 3.8) is 0 Å². The molecular weight excluding hydrogens is 249 g/mol. The number of benzene rings is 1. The molecule has 3 nitrogen and oxygen atoms in total. The van der Waals surface area contributed by atoms with Gasteiger partial charge in [0.1, 0.15) is 16.5 Å². The summed E-state index contributed by atoms with van der Waals surface area (Å²) < 4.78 is 13.2. The standard InChI is InChI=1S/C13H10FN3S/c1-7-6-8(2-3-10(7)14)12-16-11(15)9-4-5-18-13(9)17-12/h2-6H,1H3,(H2,15,16,17). The molecule has 1 aromatic carbocycles. The predicted octanol–water partition coefficient (Wildman–Crippen LogP) is 3.39. The fraction of sp³-hybridized carbons (Fsp3) is 0.0769. The number of hydrogen-bond acceptors (Lipinski definition) is 4. The lowest BCUT2D eigenvalue weighted by Crippen LogP contribution is -1.96. The maximum Gasteiger partial charge on any atom is 0.163 e. The Morgan fingerprint density at radius 1 is 1.22 bits per heavy atom. The second-order valence-corrected chi connectivity index (χ2v) is 4.93. The van der Waals surface area contributed by atoms with Gasteiger partial charge < -0.3 is 5.73 Å². The van der Waals surface area contributed by atoms with Crippen molar-refractivity contribution in [3.05, 3.63) is 41.0 Å². The van der Waals surface area contributed by atoms with Crippen molar-refractivity contribution in [2.75, 3.05) is 5.73 Å². The van der Waals surface area contributed by atoms with Gasteiger partial charge in [0.05, 0.1) is 5.39 Å². The molecule has 3 rings (SSSR count). The van der Waals surface area contributed by atoms with Crippen molar-refractivity contribution in [2.24, 2.45) is 0 Å². The van der Waals surface area contributed by atoms with Crippen LogP contribution in [-0.4, -0.2) is 9.97 Å². The summed E-state index contributed by atoms with van der Waals surface area (Å²) in [7, 11) is 0. The Kier molecular flexibility index (Phi) is 2.48. The maximum atomic E-state index is 13.2. The number of nitrogen functional groups attached to an aromatic ring is 1. The molecule has 0 unspecified atom stereocenters. The molecule has 0 saturated carbocycles. The van der Waals surface area contributed by atoms with Gasteiger partial charge >= 0.3 is 0 Å². The van der Waals surface area contributed by atoms with Gasteiger partial charge in [0.2, 0.25) is 0 Å². The van der Waals surface area contributed by atoms with Gasteiger partial charge in [-0.25, -0.2) is 14.4 Å². The largest absolute Gasteiger partial charge is 0.383 e. The first-order valence-electron chi connectivity index (χ1n) is 5.42. The van der Waals surface area contributed by atoms with Gasteiger partial charge in [-0.05, 0) is 42.1 Å². The van der Waals surface area contributed by atoms with Crippen LogP contribution in [0.5, 0.6) is 0 Å². The molecule has 0 amide bonds. The number of aromatic nitrogens is 2. The molecular formula is C13H10FN3S. The van der Waals surface area contributed by atoms with E-state index in [1.54, 1.807) is 19.1 Å². The highest BCUT2D eigenvalue weighted by atomic mass is 32.1. The Hall–Kier alpha value is -2.01.